The maximum atomic E-state index is 9.08. The molecule has 1 saturated heterocycles. The van der Waals surface area contributed by atoms with Crippen LogP contribution in [0.25, 0.3) is 0 Å². The highest BCUT2D eigenvalue weighted by atomic mass is 35.5. The molecule has 0 radical (unpaired) electrons. The average molecular weight is 257 g/mol. The van der Waals surface area contributed by atoms with E-state index in [0.717, 1.165) is 37.0 Å². The van der Waals surface area contributed by atoms with E-state index in [1.807, 2.05) is 12.1 Å². The van der Waals surface area contributed by atoms with Gasteiger partial charge in [0, 0.05) is 11.6 Å². The normalized spacial score (nSPS) is 20.5. The molecule has 0 aromatic heterocycles. The highest BCUT2D eigenvalue weighted by Crippen LogP contribution is 2.19. The predicted molar refractivity (Wildman–Crippen MR) is 65.8 cm³/mol. The van der Waals surface area contributed by atoms with Crippen molar-refractivity contribution in [2.24, 2.45) is 0 Å². The van der Waals surface area contributed by atoms with E-state index >= 15 is 0 Å². The van der Waals surface area contributed by atoms with Crippen LogP contribution in [0.15, 0.2) is 18.2 Å². The van der Waals surface area contributed by atoms with Crippen LogP contribution in [0, 0.1) is 0 Å². The van der Waals surface area contributed by atoms with Crippen molar-refractivity contribution in [3.8, 4) is 0 Å². The molecule has 0 bridgehead atoms. The quantitative estimate of drug-likeness (QED) is 0.900. The van der Waals surface area contributed by atoms with Crippen molar-refractivity contribution in [3.05, 3.63) is 34.3 Å². The van der Waals surface area contributed by atoms with E-state index in [0.29, 0.717) is 11.6 Å². The van der Waals surface area contributed by atoms with Gasteiger partial charge in [-0.1, -0.05) is 17.7 Å². The molecule has 1 aliphatic heterocycles. The first-order valence-electron chi connectivity index (χ1n) is 5.90. The minimum atomic E-state index is -0.0969. The van der Waals surface area contributed by atoms with E-state index in [1.54, 1.807) is 6.07 Å². The number of hydrogen-bond donors (Lipinski definition) is 1. The first-order valence-corrected chi connectivity index (χ1v) is 6.28. The summed E-state index contributed by atoms with van der Waals surface area (Å²) >= 11 is 5.95. The minimum absolute atomic E-state index is 0.00646. The molecule has 1 N–H and O–H groups in total. The van der Waals surface area contributed by atoms with Crippen LogP contribution < -0.4 is 0 Å². The molecule has 0 spiro atoms. The van der Waals surface area contributed by atoms with Crippen LogP contribution in [0.4, 0.5) is 0 Å². The van der Waals surface area contributed by atoms with Crippen molar-refractivity contribution in [2.75, 3.05) is 6.61 Å². The Kier molecular flexibility index (Phi) is 4.80. The van der Waals surface area contributed by atoms with Crippen LogP contribution in [0.3, 0.4) is 0 Å². The maximum Gasteiger partial charge on any atom is 0.158 e. The molecule has 1 aliphatic rings. The summed E-state index contributed by atoms with van der Waals surface area (Å²) in [6.07, 6.45) is 3.13. The molecule has 1 unspecified atom stereocenters. The number of hydrogen-bond acceptors (Lipinski definition) is 3. The zero-order chi connectivity index (χ0) is 12.1. The van der Waals surface area contributed by atoms with E-state index < -0.39 is 0 Å². The van der Waals surface area contributed by atoms with Gasteiger partial charge in [-0.25, -0.2) is 0 Å². The Bertz CT molecular complexity index is 362. The largest absolute Gasteiger partial charge is 0.392 e. The Morgan fingerprint density at radius 2 is 2.12 bits per heavy atom. The molecule has 1 aromatic carbocycles. The first kappa shape index (κ1) is 12.8. The summed E-state index contributed by atoms with van der Waals surface area (Å²) in [5.41, 5.74) is 1.77. The van der Waals surface area contributed by atoms with Gasteiger partial charge in [-0.2, -0.15) is 0 Å². The van der Waals surface area contributed by atoms with E-state index in [9.17, 15) is 0 Å². The highest BCUT2D eigenvalue weighted by molar-refractivity contribution is 6.30. The monoisotopic (exact) mass is 256 g/mol. The second-order valence-electron chi connectivity index (χ2n) is 4.23. The maximum absolute atomic E-state index is 9.08. The summed E-state index contributed by atoms with van der Waals surface area (Å²) in [5.74, 6) is 0. The fourth-order valence-corrected chi connectivity index (χ4v) is 2.20. The van der Waals surface area contributed by atoms with Crippen LogP contribution in [-0.4, -0.2) is 18.0 Å². The SMILES string of the molecule is OCc1cc(Cl)cc(COC2CCCCO2)c1. The van der Waals surface area contributed by atoms with Crippen molar-refractivity contribution in [3.63, 3.8) is 0 Å². The molecular formula is C13H17ClO3. The van der Waals surface area contributed by atoms with Crippen molar-refractivity contribution < 1.29 is 14.6 Å². The van der Waals surface area contributed by atoms with Crippen molar-refractivity contribution in [2.45, 2.75) is 38.8 Å². The lowest BCUT2D eigenvalue weighted by molar-refractivity contribution is -0.168. The molecule has 1 atom stereocenters. The molecule has 1 fully saturated rings. The van der Waals surface area contributed by atoms with Gasteiger partial charge in [0.15, 0.2) is 6.29 Å². The van der Waals surface area contributed by atoms with E-state index in [1.165, 1.54) is 0 Å². The van der Waals surface area contributed by atoms with Crippen molar-refractivity contribution >= 4 is 11.6 Å². The molecule has 17 heavy (non-hydrogen) atoms. The van der Waals surface area contributed by atoms with Gasteiger partial charge in [0.25, 0.3) is 0 Å². The van der Waals surface area contributed by atoms with Gasteiger partial charge >= 0.3 is 0 Å². The van der Waals surface area contributed by atoms with E-state index in [2.05, 4.69) is 0 Å². The summed E-state index contributed by atoms with van der Waals surface area (Å²) in [4.78, 5) is 0. The summed E-state index contributed by atoms with van der Waals surface area (Å²) in [7, 11) is 0. The topological polar surface area (TPSA) is 38.7 Å². The molecule has 94 valence electrons. The lowest BCUT2D eigenvalue weighted by Crippen LogP contribution is -2.22. The zero-order valence-electron chi connectivity index (χ0n) is 9.69. The number of ether oxygens (including phenoxy) is 2. The molecule has 0 saturated carbocycles. The Balaban J connectivity index is 1.91. The lowest BCUT2D eigenvalue weighted by atomic mass is 10.1. The summed E-state index contributed by atoms with van der Waals surface area (Å²) in [5, 5.41) is 9.70. The van der Waals surface area contributed by atoms with Crippen LogP contribution in [-0.2, 0) is 22.7 Å². The molecule has 1 aromatic rings. The van der Waals surface area contributed by atoms with Gasteiger partial charge in [-0.3, -0.25) is 0 Å². The van der Waals surface area contributed by atoms with Gasteiger partial charge in [-0.15, -0.1) is 0 Å². The van der Waals surface area contributed by atoms with E-state index in [-0.39, 0.29) is 12.9 Å². The van der Waals surface area contributed by atoms with Gasteiger partial charge in [0.1, 0.15) is 0 Å². The van der Waals surface area contributed by atoms with Crippen molar-refractivity contribution in [1.29, 1.82) is 0 Å². The van der Waals surface area contributed by atoms with Gasteiger partial charge in [0.2, 0.25) is 0 Å². The van der Waals surface area contributed by atoms with Crippen LogP contribution in [0.1, 0.15) is 30.4 Å². The number of aliphatic hydroxyl groups is 1. The summed E-state index contributed by atoms with van der Waals surface area (Å²) in [6, 6.07) is 5.50. The zero-order valence-corrected chi connectivity index (χ0v) is 10.4. The third-order valence-corrected chi connectivity index (χ3v) is 2.99. The second-order valence-corrected chi connectivity index (χ2v) is 4.67. The van der Waals surface area contributed by atoms with Crippen LogP contribution in [0.5, 0.6) is 0 Å². The Morgan fingerprint density at radius 1 is 1.29 bits per heavy atom. The molecule has 1 heterocycles. The Hall–Kier alpha value is -0.610. The number of benzene rings is 1. The first-order chi connectivity index (χ1) is 8.28. The molecule has 0 amide bonds. The Morgan fingerprint density at radius 3 is 2.82 bits per heavy atom. The smallest absolute Gasteiger partial charge is 0.158 e. The fraction of sp³-hybridized carbons (Fsp3) is 0.538. The number of rotatable bonds is 4. The fourth-order valence-electron chi connectivity index (χ4n) is 1.92. The van der Waals surface area contributed by atoms with Gasteiger partial charge in [0.05, 0.1) is 13.2 Å². The molecule has 0 aliphatic carbocycles. The molecule has 4 heteroatoms. The minimum Gasteiger partial charge on any atom is -0.392 e. The highest BCUT2D eigenvalue weighted by Gasteiger charge is 2.14. The Labute approximate surface area is 106 Å². The second kappa shape index (κ2) is 6.36. The van der Waals surface area contributed by atoms with E-state index in [4.69, 9.17) is 26.2 Å². The average Bonchev–Trinajstić information content (AvgIpc) is 2.37. The van der Waals surface area contributed by atoms with Gasteiger partial charge in [-0.05, 0) is 42.5 Å². The predicted octanol–water partition coefficient (Wildman–Crippen LogP) is 2.88. The summed E-state index contributed by atoms with van der Waals surface area (Å²) < 4.78 is 11.1. The standard InChI is InChI=1S/C13H17ClO3/c14-12-6-10(8-15)5-11(7-12)9-17-13-3-1-2-4-16-13/h5-7,13,15H,1-4,8-9H2. The van der Waals surface area contributed by atoms with Crippen molar-refractivity contribution in [1.82, 2.24) is 0 Å². The third kappa shape index (κ3) is 3.96. The van der Waals surface area contributed by atoms with Gasteiger partial charge < -0.3 is 14.6 Å². The molecule has 2 rings (SSSR count). The number of halogens is 1. The lowest BCUT2D eigenvalue weighted by Gasteiger charge is -2.22. The van der Waals surface area contributed by atoms with Crippen LogP contribution >= 0.6 is 11.6 Å². The number of aliphatic hydroxyl groups excluding tert-OH is 1. The summed E-state index contributed by atoms with van der Waals surface area (Å²) in [6.45, 7) is 1.24. The molecule has 3 nitrogen and oxygen atoms in total. The molecular weight excluding hydrogens is 240 g/mol. The van der Waals surface area contributed by atoms with Crippen LogP contribution in [0.2, 0.25) is 5.02 Å². The third-order valence-electron chi connectivity index (χ3n) is 2.77.